The maximum Gasteiger partial charge on any atom is 0.419 e. The van der Waals surface area contributed by atoms with Gasteiger partial charge in [0, 0.05) is 43.3 Å². The molecule has 2 N–H and O–H groups in total. The van der Waals surface area contributed by atoms with Gasteiger partial charge in [0.2, 0.25) is 5.91 Å². The number of hydrogen-bond acceptors (Lipinski definition) is 4. The molecule has 0 aliphatic carbocycles. The summed E-state index contributed by atoms with van der Waals surface area (Å²) in [6.45, 7) is 1.52. The SMILES string of the molecule is N#Cc1ccc(-c2cc3c(NCCCN4CCCCC4=O)c(C(F)(F)F)cnc3[nH]2)cc1. The first-order valence-electron chi connectivity index (χ1n) is 10.5. The number of carbonyl (C=O) groups excluding carboxylic acids is 1. The lowest BCUT2D eigenvalue weighted by molar-refractivity contribution is -0.137. The zero-order valence-electron chi connectivity index (χ0n) is 17.3. The van der Waals surface area contributed by atoms with Crippen LogP contribution in [0.1, 0.15) is 36.8 Å². The van der Waals surface area contributed by atoms with Crippen molar-refractivity contribution in [1.29, 1.82) is 5.26 Å². The third-order valence-corrected chi connectivity index (χ3v) is 5.62. The van der Waals surface area contributed by atoms with Crippen molar-refractivity contribution in [3.05, 3.63) is 47.7 Å². The number of rotatable bonds is 6. The number of carbonyl (C=O) groups is 1. The highest BCUT2D eigenvalue weighted by molar-refractivity contribution is 5.95. The van der Waals surface area contributed by atoms with Gasteiger partial charge in [0.15, 0.2) is 0 Å². The third kappa shape index (κ3) is 4.54. The molecule has 166 valence electrons. The van der Waals surface area contributed by atoms with Crippen LogP contribution < -0.4 is 5.32 Å². The summed E-state index contributed by atoms with van der Waals surface area (Å²) in [5.41, 5.74) is 1.33. The number of amides is 1. The lowest BCUT2D eigenvalue weighted by Gasteiger charge is -2.26. The molecule has 2 aromatic heterocycles. The minimum absolute atomic E-state index is 0.0244. The van der Waals surface area contributed by atoms with E-state index in [4.69, 9.17) is 5.26 Å². The van der Waals surface area contributed by atoms with E-state index in [0.29, 0.717) is 54.8 Å². The molecule has 0 radical (unpaired) electrons. The van der Waals surface area contributed by atoms with E-state index in [9.17, 15) is 18.0 Å². The van der Waals surface area contributed by atoms with Gasteiger partial charge in [0.1, 0.15) is 5.65 Å². The number of piperidine rings is 1. The van der Waals surface area contributed by atoms with Crippen molar-refractivity contribution in [2.45, 2.75) is 31.9 Å². The summed E-state index contributed by atoms with van der Waals surface area (Å²) in [4.78, 5) is 20.7. The number of hydrogen-bond donors (Lipinski definition) is 2. The largest absolute Gasteiger partial charge is 0.419 e. The molecule has 0 spiro atoms. The van der Waals surface area contributed by atoms with Gasteiger partial charge >= 0.3 is 6.18 Å². The zero-order valence-corrected chi connectivity index (χ0v) is 17.3. The number of nitrogens with one attached hydrogen (secondary N) is 2. The maximum absolute atomic E-state index is 13.7. The molecule has 1 fully saturated rings. The molecule has 3 heterocycles. The summed E-state index contributed by atoms with van der Waals surface area (Å²) in [5.74, 6) is 0.108. The first kappa shape index (κ1) is 21.7. The summed E-state index contributed by atoms with van der Waals surface area (Å²) in [6, 6.07) is 10.4. The second-order valence-electron chi connectivity index (χ2n) is 7.80. The first-order valence-corrected chi connectivity index (χ1v) is 10.5. The smallest absolute Gasteiger partial charge is 0.384 e. The fourth-order valence-electron chi connectivity index (χ4n) is 3.94. The van der Waals surface area contributed by atoms with Crippen molar-refractivity contribution in [3.63, 3.8) is 0 Å². The Morgan fingerprint density at radius 2 is 2.00 bits per heavy atom. The zero-order chi connectivity index (χ0) is 22.7. The van der Waals surface area contributed by atoms with E-state index in [1.54, 1.807) is 35.2 Å². The monoisotopic (exact) mass is 441 g/mol. The van der Waals surface area contributed by atoms with Crippen LogP contribution in [0.5, 0.6) is 0 Å². The number of pyridine rings is 1. The minimum Gasteiger partial charge on any atom is -0.384 e. The van der Waals surface area contributed by atoms with Crippen molar-refractivity contribution in [3.8, 4) is 17.3 Å². The molecule has 4 rings (SSSR count). The number of nitriles is 1. The number of nitrogens with zero attached hydrogens (tertiary/aromatic N) is 3. The Morgan fingerprint density at radius 1 is 1.22 bits per heavy atom. The number of fused-ring (bicyclic) bond motifs is 1. The minimum atomic E-state index is -4.56. The van der Waals surface area contributed by atoms with E-state index in [2.05, 4.69) is 15.3 Å². The average molecular weight is 441 g/mol. The van der Waals surface area contributed by atoms with Crippen LogP contribution in [0.4, 0.5) is 18.9 Å². The van der Waals surface area contributed by atoms with Gasteiger partial charge < -0.3 is 15.2 Å². The van der Waals surface area contributed by atoms with E-state index < -0.39 is 11.7 Å². The Bertz CT molecular complexity index is 1160. The third-order valence-electron chi connectivity index (χ3n) is 5.62. The van der Waals surface area contributed by atoms with Crippen LogP contribution in [-0.4, -0.2) is 40.4 Å². The Hall–Kier alpha value is -3.54. The number of aromatic nitrogens is 2. The van der Waals surface area contributed by atoms with E-state index in [1.165, 1.54) is 0 Å². The van der Waals surface area contributed by atoms with E-state index in [-0.39, 0.29) is 11.6 Å². The Morgan fingerprint density at radius 3 is 2.69 bits per heavy atom. The molecule has 1 saturated heterocycles. The van der Waals surface area contributed by atoms with E-state index >= 15 is 0 Å². The van der Waals surface area contributed by atoms with Gasteiger partial charge in [-0.05, 0) is 43.0 Å². The van der Waals surface area contributed by atoms with Gasteiger partial charge in [0.05, 0.1) is 22.9 Å². The normalized spacial score (nSPS) is 14.6. The lowest BCUT2D eigenvalue weighted by atomic mass is 10.1. The lowest BCUT2D eigenvalue weighted by Crippen LogP contribution is -2.36. The molecule has 32 heavy (non-hydrogen) atoms. The topological polar surface area (TPSA) is 84.8 Å². The molecular weight excluding hydrogens is 419 g/mol. The first-order chi connectivity index (χ1) is 15.4. The van der Waals surface area contributed by atoms with Crippen LogP contribution in [0.25, 0.3) is 22.3 Å². The number of anilines is 1. The second-order valence-corrected chi connectivity index (χ2v) is 7.80. The molecule has 3 aromatic rings. The molecule has 0 unspecified atom stereocenters. The maximum atomic E-state index is 13.7. The number of H-pyrrole nitrogens is 1. The standard InChI is InChI=1S/C23H22F3N5O/c24-23(25,26)18-14-29-22-17(12-19(30-22)16-7-5-15(13-27)6-8-16)21(18)28-9-3-11-31-10-2-1-4-20(31)32/h5-8,12,14H,1-4,9-11H2,(H2,28,29,30). The van der Waals surface area contributed by atoms with Gasteiger partial charge in [-0.2, -0.15) is 18.4 Å². The van der Waals surface area contributed by atoms with Crippen LogP contribution in [0.2, 0.25) is 0 Å². The fourth-order valence-corrected chi connectivity index (χ4v) is 3.94. The second kappa shape index (κ2) is 8.91. The number of likely N-dealkylation sites (tertiary alicyclic amines) is 1. The highest BCUT2D eigenvalue weighted by Gasteiger charge is 2.35. The van der Waals surface area contributed by atoms with Gasteiger partial charge in [0.25, 0.3) is 0 Å². The Kier molecular flexibility index (Phi) is 6.04. The van der Waals surface area contributed by atoms with Crippen molar-refractivity contribution in [2.75, 3.05) is 25.0 Å². The van der Waals surface area contributed by atoms with Crippen LogP contribution in [0, 0.1) is 11.3 Å². The van der Waals surface area contributed by atoms with Crippen molar-refractivity contribution >= 4 is 22.6 Å². The Balaban J connectivity index is 1.58. The molecule has 0 saturated carbocycles. The molecule has 0 atom stereocenters. The highest BCUT2D eigenvalue weighted by Crippen LogP contribution is 2.39. The summed E-state index contributed by atoms with van der Waals surface area (Å²) < 4.78 is 41.0. The predicted molar refractivity (Wildman–Crippen MR) is 115 cm³/mol. The molecule has 0 bridgehead atoms. The van der Waals surface area contributed by atoms with E-state index in [0.717, 1.165) is 24.6 Å². The van der Waals surface area contributed by atoms with Crippen molar-refractivity contribution < 1.29 is 18.0 Å². The fraction of sp³-hybridized carbons (Fsp3) is 0.348. The highest BCUT2D eigenvalue weighted by atomic mass is 19.4. The molecule has 1 amide bonds. The van der Waals surface area contributed by atoms with Crippen LogP contribution in [0.15, 0.2) is 36.5 Å². The molecular formula is C23H22F3N5O. The van der Waals surface area contributed by atoms with Gasteiger partial charge in [-0.3, -0.25) is 4.79 Å². The number of aromatic amines is 1. The molecule has 9 heteroatoms. The average Bonchev–Trinajstić information content (AvgIpc) is 3.22. The van der Waals surface area contributed by atoms with Gasteiger partial charge in [-0.1, -0.05) is 12.1 Å². The van der Waals surface area contributed by atoms with Crippen molar-refractivity contribution in [2.24, 2.45) is 0 Å². The molecule has 1 aromatic carbocycles. The van der Waals surface area contributed by atoms with Gasteiger partial charge in [-0.25, -0.2) is 4.98 Å². The van der Waals surface area contributed by atoms with Crippen LogP contribution >= 0.6 is 0 Å². The number of alkyl halides is 3. The summed E-state index contributed by atoms with van der Waals surface area (Å²) in [7, 11) is 0. The van der Waals surface area contributed by atoms with Crippen LogP contribution in [0.3, 0.4) is 0 Å². The van der Waals surface area contributed by atoms with Crippen molar-refractivity contribution in [1.82, 2.24) is 14.9 Å². The molecule has 6 nitrogen and oxygen atoms in total. The van der Waals surface area contributed by atoms with Crippen LogP contribution in [-0.2, 0) is 11.0 Å². The number of halogens is 3. The predicted octanol–water partition coefficient (Wildman–Crippen LogP) is 4.93. The Labute approximate surface area is 183 Å². The molecule has 1 aliphatic heterocycles. The van der Waals surface area contributed by atoms with E-state index in [1.807, 2.05) is 6.07 Å². The summed E-state index contributed by atoms with van der Waals surface area (Å²) in [5, 5.41) is 12.2. The summed E-state index contributed by atoms with van der Waals surface area (Å²) in [6.07, 6.45) is -0.787. The summed E-state index contributed by atoms with van der Waals surface area (Å²) >= 11 is 0. The quantitative estimate of drug-likeness (QED) is 0.531. The van der Waals surface area contributed by atoms with Gasteiger partial charge in [-0.15, -0.1) is 0 Å². The number of benzene rings is 1. The molecule has 1 aliphatic rings.